The van der Waals surface area contributed by atoms with Crippen LogP contribution >= 0.6 is 34.9 Å². The van der Waals surface area contributed by atoms with Crippen LogP contribution in [0.4, 0.5) is 5.13 Å². The maximum Gasteiger partial charge on any atom is 1.00 e. The third kappa shape index (κ3) is 7.80. The van der Waals surface area contributed by atoms with Gasteiger partial charge in [-0.3, -0.25) is 14.5 Å². The van der Waals surface area contributed by atoms with Crippen molar-refractivity contribution in [1.29, 1.82) is 0 Å². The molecule has 222 valence electrons. The molecule has 1 aromatic carbocycles. The third-order valence-corrected chi connectivity index (χ3v) is 9.43. The Bertz CT molecular complexity index is 1620. The first kappa shape index (κ1) is 33.5. The number of thiazole rings is 1. The molecular weight excluding hydrogens is 640 g/mol. The second kappa shape index (κ2) is 15.0. The Balaban J connectivity index is 0.00000442. The molecule has 3 aromatic rings. The van der Waals surface area contributed by atoms with Gasteiger partial charge in [-0.05, 0) is 11.1 Å². The monoisotopic (exact) mass is 662 g/mol. The van der Waals surface area contributed by atoms with E-state index in [9.17, 15) is 29.4 Å². The normalized spacial score (nSPS) is 17.7. The maximum absolute atomic E-state index is 13.3. The van der Waals surface area contributed by atoms with Crippen LogP contribution in [0, 0.1) is 0 Å². The Morgan fingerprint density at radius 1 is 1.18 bits per heavy atom. The largest absolute Gasteiger partial charge is 1.00 e. The average Bonchev–Trinajstić information content (AvgIpc) is 3.42. The van der Waals surface area contributed by atoms with Crippen LogP contribution < -0.4 is 55.4 Å². The number of aliphatic carboxylic acids is 2. The number of carbonyl (C=O) groups is 4. The molecule has 3 N–H and O–H groups in total. The molecule has 2 atom stereocenters. The summed E-state index contributed by atoms with van der Waals surface area (Å²) < 4.78 is 1.44. The predicted octanol–water partition coefficient (Wildman–Crippen LogP) is -4.12. The van der Waals surface area contributed by atoms with Crippen molar-refractivity contribution in [3.05, 3.63) is 82.8 Å². The number of carboxylic acids is 2. The molecule has 44 heavy (non-hydrogen) atoms. The number of nitrogens with one attached hydrogen (secondary N) is 1. The summed E-state index contributed by atoms with van der Waals surface area (Å²) in [6.07, 6.45) is 3.16. The van der Waals surface area contributed by atoms with Crippen LogP contribution in [-0.2, 0) is 37.2 Å². The molecule has 1 unspecified atom stereocenters. The van der Waals surface area contributed by atoms with Gasteiger partial charge in [0.15, 0.2) is 29.8 Å². The quantitative estimate of drug-likeness (QED) is 0.0478. The molecule has 0 bridgehead atoms. The van der Waals surface area contributed by atoms with E-state index in [1.807, 2.05) is 30.3 Å². The molecule has 2 aliphatic rings. The number of amides is 2. The van der Waals surface area contributed by atoms with E-state index in [1.54, 1.807) is 29.9 Å². The van der Waals surface area contributed by atoms with Crippen molar-refractivity contribution in [2.45, 2.75) is 29.5 Å². The first-order valence-corrected chi connectivity index (χ1v) is 15.6. The number of pyridine rings is 1. The van der Waals surface area contributed by atoms with Crippen molar-refractivity contribution >= 4 is 69.5 Å². The summed E-state index contributed by atoms with van der Waals surface area (Å²) in [5.41, 5.74) is 6.85. The number of thioether (sulfide) groups is 2. The summed E-state index contributed by atoms with van der Waals surface area (Å²) in [4.78, 5) is 60.8. The number of rotatable bonds is 12. The number of nitrogens with two attached hydrogens (primary N) is 1. The van der Waals surface area contributed by atoms with Crippen molar-refractivity contribution in [1.82, 2.24) is 15.2 Å². The maximum atomic E-state index is 13.3. The van der Waals surface area contributed by atoms with Crippen molar-refractivity contribution in [2.24, 2.45) is 5.16 Å². The number of fused-ring (bicyclic) bond motifs is 1. The van der Waals surface area contributed by atoms with Crippen LogP contribution in [0.1, 0.15) is 11.3 Å². The first-order chi connectivity index (χ1) is 20.7. The van der Waals surface area contributed by atoms with Crippen LogP contribution in [0.15, 0.2) is 81.6 Å². The van der Waals surface area contributed by atoms with Gasteiger partial charge in [-0.1, -0.05) is 35.5 Å². The number of anilines is 1. The van der Waals surface area contributed by atoms with Crippen LogP contribution in [0.2, 0.25) is 0 Å². The fourth-order valence-corrected chi connectivity index (χ4v) is 7.22. The Hall–Kier alpha value is -3.41. The van der Waals surface area contributed by atoms with Crippen molar-refractivity contribution in [2.75, 3.05) is 17.2 Å². The molecule has 1 saturated heterocycles. The van der Waals surface area contributed by atoms with Gasteiger partial charge in [0.05, 0.1) is 11.7 Å². The standard InChI is InChI=1S/C27H24N6O7S3.Na/c28-27-29-18(14-43-27)20(31-40-11-15-4-2-1-3-5-15)23(36)30-21-24(37)33-22(26(38)39)16(13-42-25(21)33)12-41-17-6-8-32(9-7-17)10-19(34)35;/h1-9,14,21,25H,10-13H2,(H4-,28,29,30,34,35,36,38,39);/q;+1/p-1/b31-20-;/t21?,25-;/m1./s1. The second-order valence-corrected chi connectivity index (χ2v) is 12.3. The zero-order chi connectivity index (χ0) is 30.5. The van der Waals surface area contributed by atoms with Gasteiger partial charge < -0.3 is 35.7 Å². The SMILES string of the molecule is Nc1nc(/C(=N/OCc2ccccc2)C(=O)NC2C(=O)N3C(C(=O)[O-])=C(CSc4cc[n+](CC(=O)[O-])cc4)CS[C@H]23)cs1.[Na+]. The van der Waals surface area contributed by atoms with E-state index in [2.05, 4.69) is 15.5 Å². The van der Waals surface area contributed by atoms with Crippen LogP contribution in [0.25, 0.3) is 0 Å². The first-order valence-electron chi connectivity index (χ1n) is 12.7. The zero-order valence-electron chi connectivity index (χ0n) is 23.2. The van der Waals surface area contributed by atoms with Crippen LogP contribution in [-0.4, -0.2) is 62.3 Å². The molecule has 17 heteroatoms. The van der Waals surface area contributed by atoms with E-state index in [0.717, 1.165) is 26.7 Å². The van der Waals surface area contributed by atoms with Gasteiger partial charge in [0.2, 0.25) is 0 Å². The van der Waals surface area contributed by atoms with Gasteiger partial charge >= 0.3 is 29.6 Å². The molecule has 5 rings (SSSR count). The van der Waals surface area contributed by atoms with E-state index in [1.165, 1.54) is 28.1 Å². The topological polar surface area (TPSA) is 194 Å². The minimum atomic E-state index is -1.49. The summed E-state index contributed by atoms with van der Waals surface area (Å²) in [6, 6.07) is 11.6. The van der Waals surface area contributed by atoms with Gasteiger partial charge in [-0.25, -0.2) is 4.98 Å². The fourth-order valence-electron chi connectivity index (χ4n) is 4.30. The number of oxime groups is 1. The van der Waals surface area contributed by atoms with E-state index >= 15 is 0 Å². The molecular formula is C27H23N6NaO7S3. The van der Waals surface area contributed by atoms with E-state index < -0.39 is 35.2 Å². The Kier molecular flexibility index (Phi) is 11.5. The number of nitrogens with zero attached hydrogens (tertiary/aromatic N) is 4. The second-order valence-electron chi connectivity index (χ2n) is 9.24. The molecule has 13 nitrogen and oxygen atoms in total. The average molecular weight is 663 g/mol. The van der Waals surface area contributed by atoms with Gasteiger partial charge in [0, 0.05) is 33.9 Å². The number of nitrogen functional groups attached to an aromatic ring is 1. The van der Waals surface area contributed by atoms with Crippen molar-refractivity contribution < 1.29 is 68.4 Å². The number of hydrogen-bond donors (Lipinski definition) is 2. The Morgan fingerprint density at radius 3 is 2.55 bits per heavy atom. The summed E-state index contributed by atoms with van der Waals surface area (Å²) in [5, 5.41) is 30.6. The van der Waals surface area contributed by atoms with Crippen molar-refractivity contribution in [3.8, 4) is 0 Å². The Morgan fingerprint density at radius 2 is 1.91 bits per heavy atom. The molecule has 4 heterocycles. The third-order valence-electron chi connectivity index (χ3n) is 6.32. The van der Waals surface area contributed by atoms with E-state index in [-0.39, 0.29) is 70.7 Å². The number of benzene rings is 1. The fraction of sp³-hybridized carbons (Fsp3) is 0.222. The number of β-lactam (4-membered cyclic amide) rings is 1. The minimum Gasteiger partial charge on any atom is -0.544 e. The molecule has 2 amide bonds. The van der Waals surface area contributed by atoms with Gasteiger partial charge in [0.25, 0.3) is 11.8 Å². The molecule has 0 radical (unpaired) electrons. The zero-order valence-corrected chi connectivity index (χ0v) is 27.7. The number of aromatic nitrogens is 2. The van der Waals surface area contributed by atoms with Gasteiger partial charge in [0.1, 0.15) is 29.7 Å². The van der Waals surface area contributed by atoms with Crippen molar-refractivity contribution in [3.63, 3.8) is 0 Å². The van der Waals surface area contributed by atoms with E-state index in [0.29, 0.717) is 11.3 Å². The van der Waals surface area contributed by atoms with Gasteiger partial charge in [-0.2, -0.15) is 4.57 Å². The molecule has 0 spiro atoms. The molecule has 1 fully saturated rings. The molecule has 0 saturated carbocycles. The molecule has 0 aliphatic carbocycles. The minimum absolute atomic E-state index is 0. The summed E-state index contributed by atoms with van der Waals surface area (Å²) in [7, 11) is 0. The molecule has 2 aliphatic heterocycles. The number of hydrogen-bond acceptors (Lipinski definition) is 13. The number of carbonyl (C=O) groups excluding carboxylic acids is 4. The number of carboxylic acid groups (broad SMARTS) is 2. The van der Waals surface area contributed by atoms with E-state index in [4.69, 9.17) is 10.6 Å². The summed E-state index contributed by atoms with van der Waals surface area (Å²) >= 11 is 3.76. The summed E-state index contributed by atoms with van der Waals surface area (Å²) in [6.45, 7) is -0.196. The van der Waals surface area contributed by atoms with Crippen LogP contribution in [0.3, 0.4) is 0 Å². The van der Waals surface area contributed by atoms with Gasteiger partial charge in [-0.15, -0.1) is 34.9 Å². The molecule has 2 aromatic heterocycles. The summed E-state index contributed by atoms with van der Waals surface area (Å²) in [5.74, 6) is -3.49. The smallest absolute Gasteiger partial charge is 0.544 e. The van der Waals surface area contributed by atoms with Crippen LogP contribution in [0.5, 0.6) is 0 Å². The predicted molar refractivity (Wildman–Crippen MR) is 154 cm³/mol. The Labute approximate surface area is 285 Å².